The zero-order chi connectivity index (χ0) is 21.5. The second-order valence-electron chi connectivity index (χ2n) is 7.49. The molecule has 5 rings (SSSR count). The van der Waals surface area contributed by atoms with E-state index < -0.39 is 5.92 Å². The Morgan fingerprint density at radius 1 is 1.13 bits per heavy atom. The molecule has 7 heteroatoms. The Bertz CT molecular complexity index is 1440. The molecular formula is C24H18N6O. The van der Waals surface area contributed by atoms with Gasteiger partial charge in [-0.25, -0.2) is 0 Å². The molecule has 0 bridgehead atoms. The number of fused-ring (bicyclic) bond motifs is 2. The molecule has 1 aliphatic rings. The van der Waals surface area contributed by atoms with Crippen LogP contribution in [0.2, 0.25) is 0 Å². The number of hydrogen-bond acceptors (Lipinski definition) is 5. The number of aryl methyl sites for hydroxylation is 1. The van der Waals surface area contributed by atoms with E-state index in [2.05, 4.69) is 26.9 Å². The Balaban J connectivity index is 1.73. The maximum Gasteiger partial charge on any atom is 0.244 e. The van der Waals surface area contributed by atoms with Crippen molar-refractivity contribution in [3.63, 3.8) is 0 Å². The Morgan fingerprint density at radius 3 is 2.71 bits per heavy atom. The number of ether oxygens (including phenoxy) is 1. The van der Waals surface area contributed by atoms with Gasteiger partial charge in [0, 0.05) is 34.9 Å². The molecule has 4 aromatic rings. The highest BCUT2D eigenvalue weighted by Crippen LogP contribution is 2.45. The minimum Gasteiger partial charge on any atom is -0.420 e. The summed E-state index contributed by atoms with van der Waals surface area (Å²) in [6, 6.07) is 20.1. The summed E-state index contributed by atoms with van der Waals surface area (Å²) in [6.45, 7) is 2.44. The highest BCUT2D eigenvalue weighted by Gasteiger charge is 2.36. The van der Waals surface area contributed by atoms with Crippen molar-refractivity contribution in [2.24, 2.45) is 5.73 Å². The molecule has 0 amide bonds. The summed E-state index contributed by atoms with van der Waals surface area (Å²) in [5.74, 6) is 0.0636. The molecule has 0 aliphatic carbocycles. The number of nitrogens with two attached hydrogens (primary N) is 1. The molecule has 0 fully saturated rings. The number of nitrogens with zero attached hydrogens (tertiary/aromatic N) is 4. The molecule has 3 N–H and O–H groups in total. The molecule has 31 heavy (non-hydrogen) atoms. The van der Waals surface area contributed by atoms with E-state index in [0.717, 1.165) is 33.3 Å². The van der Waals surface area contributed by atoms with Crippen molar-refractivity contribution < 1.29 is 4.74 Å². The number of para-hydroxylation sites is 1. The summed E-state index contributed by atoms with van der Waals surface area (Å²) < 4.78 is 7.71. The van der Waals surface area contributed by atoms with Crippen molar-refractivity contribution in [3.05, 3.63) is 94.1 Å². The van der Waals surface area contributed by atoms with Crippen molar-refractivity contribution in [1.82, 2.24) is 14.8 Å². The number of nitriles is 2. The summed E-state index contributed by atoms with van der Waals surface area (Å²) in [6.07, 6.45) is 2.04. The monoisotopic (exact) mass is 406 g/mol. The van der Waals surface area contributed by atoms with E-state index in [4.69, 9.17) is 10.5 Å². The summed E-state index contributed by atoms with van der Waals surface area (Å²) >= 11 is 0. The predicted molar refractivity (Wildman–Crippen MR) is 115 cm³/mol. The van der Waals surface area contributed by atoms with Gasteiger partial charge in [-0.2, -0.15) is 10.5 Å². The second-order valence-corrected chi connectivity index (χ2v) is 7.49. The minimum atomic E-state index is -0.398. The van der Waals surface area contributed by atoms with Crippen LogP contribution in [0.4, 0.5) is 0 Å². The lowest BCUT2D eigenvalue weighted by Gasteiger charge is -2.23. The molecule has 0 saturated carbocycles. The third-order valence-electron chi connectivity index (χ3n) is 5.74. The zero-order valence-corrected chi connectivity index (χ0v) is 16.8. The largest absolute Gasteiger partial charge is 0.420 e. The topological polar surface area (TPSA) is 116 Å². The molecule has 0 radical (unpaired) electrons. The summed E-state index contributed by atoms with van der Waals surface area (Å²) in [5, 5.41) is 27.5. The third kappa shape index (κ3) is 2.84. The first-order valence-electron chi connectivity index (χ1n) is 9.80. The minimum absolute atomic E-state index is 0.0677. The van der Waals surface area contributed by atoms with Crippen molar-refractivity contribution >= 4 is 10.9 Å². The van der Waals surface area contributed by atoms with Gasteiger partial charge >= 0.3 is 0 Å². The molecular weight excluding hydrogens is 388 g/mol. The first-order chi connectivity index (χ1) is 15.1. The van der Waals surface area contributed by atoms with Gasteiger partial charge in [0.2, 0.25) is 11.8 Å². The summed E-state index contributed by atoms with van der Waals surface area (Å²) in [7, 11) is 0. The molecule has 150 valence electrons. The number of benzene rings is 2. The van der Waals surface area contributed by atoms with Gasteiger partial charge in [-0.1, -0.05) is 36.4 Å². The molecule has 0 spiro atoms. The lowest BCUT2D eigenvalue weighted by Crippen LogP contribution is -2.21. The van der Waals surface area contributed by atoms with Crippen molar-refractivity contribution in [2.75, 3.05) is 0 Å². The number of allylic oxidation sites excluding steroid dienone is 1. The van der Waals surface area contributed by atoms with Gasteiger partial charge in [0.05, 0.1) is 17.6 Å². The number of aromatic nitrogens is 3. The lowest BCUT2D eigenvalue weighted by molar-refractivity contribution is 0.379. The molecule has 7 nitrogen and oxygen atoms in total. The van der Waals surface area contributed by atoms with Gasteiger partial charge in [0.15, 0.2) is 0 Å². The van der Waals surface area contributed by atoms with Gasteiger partial charge in [-0.15, -0.1) is 5.10 Å². The van der Waals surface area contributed by atoms with E-state index in [1.54, 1.807) is 0 Å². The lowest BCUT2D eigenvalue weighted by atomic mass is 9.84. The number of hydrogen-bond donors (Lipinski definition) is 2. The number of aromatic amines is 1. The van der Waals surface area contributed by atoms with E-state index in [9.17, 15) is 10.5 Å². The Hall–Kier alpha value is -4.49. The molecule has 1 aliphatic heterocycles. The van der Waals surface area contributed by atoms with E-state index in [0.29, 0.717) is 23.6 Å². The molecule has 1 atom stereocenters. The maximum absolute atomic E-state index is 9.89. The standard InChI is InChI=1S/C24H18N6O/c1-14-21-22(18(11-26)23(27)31-24(21)29-28-14)19-13-30(20-9-5-4-8-17(19)20)12-16-7-3-2-6-15(16)10-25/h2-9,13,22H,12,27H2,1H3,(H,28,29). The number of nitrogens with one attached hydrogen (secondary N) is 1. The van der Waals surface area contributed by atoms with Crippen LogP contribution in [-0.2, 0) is 6.54 Å². The fourth-order valence-corrected chi connectivity index (χ4v) is 4.30. The van der Waals surface area contributed by atoms with E-state index >= 15 is 0 Å². The van der Waals surface area contributed by atoms with Crippen LogP contribution in [0.15, 0.2) is 66.2 Å². The zero-order valence-electron chi connectivity index (χ0n) is 16.8. The fraction of sp³-hybridized carbons (Fsp3) is 0.125. The van der Waals surface area contributed by atoms with Gasteiger partial charge < -0.3 is 15.0 Å². The maximum atomic E-state index is 9.89. The van der Waals surface area contributed by atoms with Gasteiger partial charge in [-0.05, 0) is 30.2 Å². The van der Waals surface area contributed by atoms with E-state index in [1.165, 1.54) is 0 Å². The second kappa shape index (κ2) is 7.08. The van der Waals surface area contributed by atoms with Crippen LogP contribution in [0.3, 0.4) is 0 Å². The predicted octanol–water partition coefficient (Wildman–Crippen LogP) is 3.81. The normalized spacial score (nSPS) is 15.3. The first kappa shape index (κ1) is 18.5. The van der Waals surface area contributed by atoms with Crippen LogP contribution >= 0.6 is 0 Å². The SMILES string of the molecule is Cc1[nH]nc2c1C(c1cn(Cc3ccccc3C#N)c3ccccc13)C(C#N)=C(N)O2. The van der Waals surface area contributed by atoms with Crippen LogP contribution < -0.4 is 10.5 Å². The van der Waals surface area contributed by atoms with Gasteiger partial charge in [-0.3, -0.25) is 5.10 Å². The highest BCUT2D eigenvalue weighted by molar-refractivity contribution is 5.86. The molecule has 1 unspecified atom stereocenters. The van der Waals surface area contributed by atoms with E-state index in [1.807, 2.05) is 61.7 Å². The Labute approximate surface area is 178 Å². The Morgan fingerprint density at radius 2 is 1.90 bits per heavy atom. The summed E-state index contributed by atoms with van der Waals surface area (Å²) in [4.78, 5) is 0. The van der Waals surface area contributed by atoms with E-state index in [-0.39, 0.29) is 5.88 Å². The Kier molecular flexibility index (Phi) is 4.24. The summed E-state index contributed by atoms with van der Waals surface area (Å²) in [5.41, 5.74) is 11.6. The quantitative estimate of drug-likeness (QED) is 0.537. The average Bonchev–Trinajstić information content (AvgIpc) is 3.34. The molecule has 2 aromatic heterocycles. The fourth-order valence-electron chi connectivity index (χ4n) is 4.30. The van der Waals surface area contributed by atoms with Gasteiger partial charge in [0.1, 0.15) is 11.6 Å². The van der Waals surface area contributed by atoms with Crippen molar-refractivity contribution in [2.45, 2.75) is 19.4 Å². The van der Waals surface area contributed by atoms with Crippen molar-refractivity contribution in [3.8, 4) is 18.0 Å². The number of H-pyrrole nitrogens is 1. The average molecular weight is 406 g/mol. The molecule has 2 aromatic carbocycles. The third-order valence-corrected chi connectivity index (χ3v) is 5.74. The first-order valence-corrected chi connectivity index (χ1v) is 9.80. The van der Waals surface area contributed by atoms with Crippen LogP contribution in [0.1, 0.15) is 33.9 Å². The van der Waals surface area contributed by atoms with Crippen LogP contribution in [0.5, 0.6) is 5.88 Å². The smallest absolute Gasteiger partial charge is 0.244 e. The van der Waals surface area contributed by atoms with Crippen LogP contribution in [-0.4, -0.2) is 14.8 Å². The highest BCUT2D eigenvalue weighted by atomic mass is 16.5. The molecule has 0 saturated heterocycles. The molecule has 3 heterocycles. The van der Waals surface area contributed by atoms with Crippen LogP contribution in [0.25, 0.3) is 10.9 Å². The van der Waals surface area contributed by atoms with Crippen molar-refractivity contribution in [1.29, 1.82) is 10.5 Å². The van der Waals surface area contributed by atoms with Crippen LogP contribution in [0, 0.1) is 29.6 Å². The number of rotatable bonds is 3. The van der Waals surface area contributed by atoms with Gasteiger partial charge in [0.25, 0.3) is 0 Å².